The molecule has 8 heteroatoms. The maximum atomic E-state index is 12.1. The van der Waals surface area contributed by atoms with Gasteiger partial charge in [0.05, 0.1) is 12.5 Å². The van der Waals surface area contributed by atoms with E-state index in [1.165, 1.54) is 12.5 Å². The highest BCUT2D eigenvalue weighted by Gasteiger charge is 2.27. The molecule has 1 fully saturated rings. The number of nitrogens with one attached hydrogen (secondary N) is 2. The summed E-state index contributed by atoms with van der Waals surface area (Å²) in [7, 11) is -3.52. The zero-order valence-corrected chi connectivity index (χ0v) is 13.7. The van der Waals surface area contributed by atoms with Crippen molar-refractivity contribution in [3.63, 3.8) is 0 Å². The molecule has 1 saturated carbocycles. The Morgan fingerprint density at radius 3 is 2.61 bits per heavy atom. The van der Waals surface area contributed by atoms with Gasteiger partial charge in [0.2, 0.25) is 5.88 Å². The minimum atomic E-state index is -3.52. The topological polar surface area (TPSA) is 97.0 Å². The van der Waals surface area contributed by atoms with Crippen molar-refractivity contribution in [2.45, 2.75) is 49.8 Å². The maximum absolute atomic E-state index is 12.1. The van der Waals surface area contributed by atoms with Gasteiger partial charge in [-0.25, -0.2) is 23.1 Å². The van der Waals surface area contributed by atoms with Crippen molar-refractivity contribution in [2.75, 3.05) is 0 Å². The third kappa shape index (κ3) is 4.08. The fourth-order valence-electron chi connectivity index (χ4n) is 2.67. The Morgan fingerprint density at radius 2 is 2.00 bits per heavy atom. The number of aromatic amines is 1. The van der Waals surface area contributed by atoms with E-state index in [9.17, 15) is 8.42 Å². The number of hydrogen-bond acceptors (Lipinski definition) is 5. The Kier molecular flexibility index (Phi) is 4.63. The highest BCUT2D eigenvalue weighted by molar-refractivity contribution is 7.89. The van der Waals surface area contributed by atoms with Gasteiger partial charge in [-0.2, -0.15) is 0 Å². The molecule has 0 spiro atoms. The highest BCUT2D eigenvalue weighted by Crippen LogP contribution is 2.24. The molecule has 2 aromatic rings. The smallest absolute Gasteiger partial charge is 0.257 e. The van der Waals surface area contributed by atoms with E-state index in [1.54, 1.807) is 6.20 Å². The van der Waals surface area contributed by atoms with Crippen LogP contribution in [0.5, 0.6) is 5.88 Å². The summed E-state index contributed by atoms with van der Waals surface area (Å²) in [5.41, 5.74) is 1.09. The fourth-order valence-corrected chi connectivity index (χ4v) is 3.88. The van der Waals surface area contributed by atoms with Crippen LogP contribution >= 0.6 is 0 Å². The second kappa shape index (κ2) is 6.67. The molecule has 0 atom stereocenters. The molecule has 0 radical (unpaired) electrons. The van der Waals surface area contributed by atoms with Gasteiger partial charge in [-0.3, -0.25) is 0 Å². The van der Waals surface area contributed by atoms with Crippen molar-refractivity contribution in [1.82, 2.24) is 19.7 Å². The van der Waals surface area contributed by atoms with Gasteiger partial charge < -0.3 is 9.72 Å². The summed E-state index contributed by atoms with van der Waals surface area (Å²) in [6, 6.07) is 3.75. The summed E-state index contributed by atoms with van der Waals surface area (Å²) in [5, 5.41) is 0.0970. The van der Waals surface area contributed by atoms with Gasteiger partial charge in [0.1, 0.15) is 6.10 Å². The lowest BCUT2D eigenvalue weighted by atomic mass is 9.94. The molecule has 1 aliphatic rings. The Labute approximate surface area is 135 Å². The second-order valence-electron chi connectivity index (χ2n) is 5.80. The van der Waals surface area contributed by atoms with Crippen LogP contribution in [0.2, 0.25) is 0 Å². The first-order valence-corrected chi connectivity index (χ1v) is 9.11. The maximum Gasteiger partial charge on any atom is 0.257 e. The van der Waals surface area contributed by atoms with E-state index in [-0.39, 0.29) is 17.2 Å². The molecule has 0 amide bonds. The number of nitrogens with zero attached hydrogens (tertiary/aromatic N) is 2. The molecule has 0 aromatic carbocycles. The van der Waals surface area contributed by atoms with Crippen LogP contribution < -0.4 is 9.46 Å². The number of imidazole rings is 1. The first-order chi connectivity index (χ1) is 11.0. The molecular weight excluding hydrogens is 316 g/mol. The standard InChI is InChI=1S/C15H20N4O3S/c1-11-2-7-14(17-8-11)22-13-5-3-12(4-6-13)19-23(20,21)15-9-16-10-18-15/h2,7-10,12-13,19H,3-6H2,1H3,(H,16,18). The number of H-pyrrole nitrogens is 1. The lowest BCUT2D eigenvalue weighted by Crippen LogP contribution is -2.39. The minimum Gasteiger partial charge on any atom is -0.474 e. The summed E-state index contributed by atoms with van der Waals surface area (Å²) < 4.78 is 32.9. The molecule has 0 bridgehead atoms. The van der Waals surface area contributed by atoms with E-state index < -0.39 is 10.0 Å². The number of aryl methyl sites for hydroxylation is 1. The first kappa shape index (κ1) is 15.9. The van der Waals surface area contributed by atoms with Gasteiger partial charge >= 0.3 is 0 Å². The lowest BCUT2D eigenvalue weighted by Gasteiger charge is -2.28. The van der Waals surface area contributed by atoms with E-state index in [0.717, 1.165) is 31.2 Å². The summed E-state index contributed by atoms with van der Waals surface area (Å²) in [5.74, 6) is 0.622. The molecule has 0 unspecified atom stereocenters. The third-order valence-electron chi connectivity index (χ3n) is 3.93. The zero-order valence-electron chi connectivity index (χ0n) is 12.9. The Morgan fingerprint density at radius 1 is 1.22 bits per heavy atom. The number of ether oxygens (including phenoxy) is 1. The van der Waals surface area contributed by atoms with Crippen molar-refractivity contribution in [3.8, 4) is 5.88 Å². The Bertz CT molecular complexity index is 721. The van der Waals surface area contributed by atoms with E-state index >= 15 is 0 Å². The van der Waals surface area contributed by atoms with E-state index in [4.69, 9.17) is 4.74 Å². The SMILES string of the molecule is Cc1ccc(OC2CCC(NS(=O)(=O)c3cnc[nH]3)CC2)nc1. The van der Waals surface area contributed by atoms with Gasteiger partial charge in [0, 0.05) is 18.3 Å². The first-order valence-electron chi connectivity index (χ1n) is 7.63. The van der Waals surface area contributed by atoms with Crippen molar-refractivity contribution in [3.05, 3.63) is 36.4 Å². The van der Waals surface area contributed by atoms with Crippen molar-refractivity contribution in [1.29, 1.82) is 0 Å². The number of aromatic nitrogens is 3. The molecule has 2 N–H and O–H groups in total. The number of sulfonamides is 1. The molecule has 23 heavy (non-hydrogen) atoms. The second-order valence-corrected chi connectivity index (χ2v) is 7.48. The Hall–Kier alpha value is -1.93. The Balaban J connectivity index is 1.51. The molecule has 2 heterocycles. The molecule has 0 saturated heterocycles. The monoisotopic (exact) mass is 336 g/mol. The summed E-state index contributed by atoms with van der Waals surface area (Å²) in [6.45, 7) is 1.98. The van der Waals surface area contributed by atoms with Crippen molar-refractivity contribution in [2.24, 2.45) is 0 Å². The van der Waals surface area contributed by atoms with Gasteiger partial charge in [0.15, 0.2) is 5.03 Å². The number of hydrogen-bond donors (Lipinski definition) is 2. The molecule has 3 rings (SSSR count). The largest absolute Gasteiger partial charge is 0.474 e. The molecule has 7 nitrogen and oxygen atoms in total. The van der Waals surface area contributed by atoms with Crippen LogP contribution in [0, 0.1) is 6.92 Å². The molecule has 124 valence electrons. The average Bonchev–Trinajstić information content (AvgIpc) is 3.07. The van der Waals surface area contributed by atoms with Gasteiger partial charge in [0.25, 0.3) is 10.0 Å². The van der Waals surface area contributed by atoms with E-state index in [1.807, 2.05) is 19.1 Å². The minimum absolute atomic E-state index is 0.0749. The van der Waals surface area contributed by atoms with Crippen LogP contribution in [0.15, 0.2) is 35.9 Å². The summed E-state index contributed by atoms with van der Waals surface area (Å²) >= 11 is 0. The van der Waals surface area contributed by atoms with Crippen molar-refractivity contribution >= 4 is 10.0 Å². The molecule has 2 aromatic heterocycles. The number of pyridine rings is 1. The van der Waals surface area contributed by atoms with Gasteiger partial charge in [-0.1, -0.05) is 6.07 Å². The fraction of sp³-hybridized carbons (Fsp3) is 0.467. The van der Waals surface area contributed by atoms with Crippen molar-refractivity contribution < 1.29 is 13.2 Å². The van der Waals surface area contributed by atoms with Crippen LogP contribution in [0.25, 0.3) is 0 Å². The van der Waals surface area contributed by atoms with Crippen LogP contribution in [-0.4, -0.2) is 35.5 Å². The predicted octanol–water partition coefficient (Wildman–Crippen LogP) is 1.78. The molecule has 0 aliphatic heterocycles. The van der Waals surface area contributed by atoms with Gasteiger partial charge in [-0.05, 0) is 38.2 Å². The predicted molar refractivity (Wildman–Crippen MR) is 84.6 cm³/mol. The highest BCUT2D eigenvalue weighted by atomic mass is 32.2. The van der Waals surface area contributed by atoms with Gasteiger partial charge in [-0.15, -0.1) is 0 Å². The van der Waals surface area contributed by atoms with Crippen LogP contribution in [0.3, 0.4) is 0 Å². The zero-order chi connectivity index (χ0) is 16.3. The average molecular weight is 336 g/mol. The van der Waals surface area contributed by atoms with Crippen LogP contribution in [0.1, 0.15) is 31.2 Å². The quantitative estimate of drug-likeness (QED) is 0.867. The molecule has 1 aliphatic carbocycles. The van der Waals surface area contributed by atoms with Crippen LogP contribution in [-0.2, 0) is 10.0 Å². The summed E-state index contributed by atoms with van der Waals surface area (Å²) in [6.07, 6.45) is 7.59. The lowest BCUT2D eigenvalue weighted by molar-refractivity contribution is 0.138. The van der Waals surface area contributed by atoms with Crippen LogP contribution in [0.4, 0.5) is 0 Å². The third-order valence-corrected chi connectivity index (χ3v) is 5.38. The van der Waals surface area contributed by atoms with E-state index in [0.29, 0.717) is 5.88 Å². The molecular formula is C15H20N4O3S. The normalized spacial score (nSPS) is 22.0. The van der Waals surface area contributed by atoms with E-state index in [2.05, 4.69) is 19.7 Å². The number of rotatable bonds is 5. The summed E-state index contributed by atoms with van der Waals surface area (Å²) in [4.78, 5) is 10.6.